The first kappa shape index (κ1) is 22.0. The molecular weight excluding hydrogens is 427 g/mol. The topological polar surface area (TPSA) is 48.9 Å². The van der Waals surface area contributed by atoms with Gasteiger partial charge in [-0.05, 0) is 36.0 Å². The summed E-state index contributed by atoms with van der Waals surface area (Å²) in [6.07, 6.45) is 1.36. The van der Waals surface area contributed by atoms with Gasteiger partial charge < -0.3 is 20.3 Å². The lowest BCUT2D eigenvalue weighted by Gasteiger charge is -2.35. The maximum absolute atomic E-state index is 5.18. The number of rotatable bonds is 6. The highest BCUT2D eigenvalue weighted by Crippen LogP contribution is 2.20. The van der Waals surface area contributed by atoms with Gasteiger partial charge in [0.25, 0.3) is 0 Å². The van der Waals surface area contributed by atoms with Gasteiger partial charge in [-0.3, -0.25) is 4.99 Å². The van der Waals surface area contributed by atoms with Gasteiger partial charge in [0.2, 0.25) is 0 Å². The SMILES string of the molecule is CN=C(NCCN1CC(C)CC(C)C1)NCc1ccc(OC)cc1.I. The van der Waals surface area contributed by atoms with E-state index < -0.39 is 0 Å². The molecule has 0 amide bonds. The Morgan fingerprint density at radius 3 is 2.36 bits per heavy atom. The summed E-state index contributed by atoms with van der Waals surface area (Å²) in [6.45, 7) is 9.87. The van der Waals surface area contributed by atoms with Crippen molar-refractivity contribution in [1.29, 1.82) is 0 Å². The fourth-order valence-electron chi connectivity index (χ4n) is 3.46. The van der Waals surface area contributed by atoms with E-state index in [0.717, 1.165) is 43.2 Å². The van der Waals surface area contributed by atoms with Crippen LogP contribution in [0.3, 0.4) is 0 Å². The molecule has 6 heteroatoms. The first-order valence-electron chi connectivity index (χ1n) is 8.90. The molecule has 1 saturated heterocycles. The van der Waals surface area contributed by atoms with Crippen LogP contribution in [0.25, 0.3) is 0 Å². The van der Waals surface area contributed by atoms with Crippen molar-refractivity contribution in [1.82, 2.24) is 15.5 Å². The number of methoxy groups -OCH3 is 1. The van der Waals surface area contributed by atoms with Crippen molar-refractivity contribution in [2.75, 3.05) is 40.3 Å². The van der Waals surface area contributed by atoms with Gasteiger partial charge in [0.15, 0.2) is 5.96 Å². The minimum atomic E-state index is 0. The van der Waals surface area contributed by atoms with Crippen molar-refractivity contribution < 1.29 is 4.74 Å². The van der Waals surface area contributed by atoms with E-state index in [9.17, 15) is 0 Å². The molecule has 25 heavy (non-hydrogen) atoms. The molecule has 2 N–H and O–H groups in total. The van der Waals surface area contributed by atoms with E-state index in [0.29, 0.717) is 0 Å². The molecule has 0 aromatic heterocycles. The minimum Gasteiger partial charge on any atom is -0.497 e. The third kappa shape index (κ3) is 7.81. The third-order valence-corrected chi connectivity index (χ3v) is 4.51. The Kier molecular flexibility index (Phi) is 10.2. The number of nitrogens with zero attached hydrogens (tertiary/aromatic N) is 2. The monoisotopic (exact) mass is 460 g/mol. The number of aliphatic imine (C=N–C) groups is 1. The molecule has 0 bridgehead atoms. The highest BCUT2D eigenvalue weighted by atomic mass is 127. The van der Waals surface area contributed by atoms with E-state index >= 15 is 0 Å². The van der Waals surface area contributed by atoms with Crippen molar-refractivity contribution in [3.05, 3.63) is 29.8 Å². The Bertz CT molecular complexity index is 511. The number of guanidine groups is 1. The molecule has 2 rings (SSSR count). The van der Waals surface area contributed by atoms with Crippen LogP contribution in [-0.4, -0.2) is 51.2 Å². The zero-order chi connectivity index (χ0) is 17.4. The number of benzene rings is 1. The highest BCUT2D eigenvalue weighted by Gasteiger charge is 2.21. The lowest BCUT2D eigenvalue weighted by molar-refractivity contribution is 0.143. The summed E-state index contributed by atoms with van der Waals surface area (Å²) in [7, 11) is 3.50. The van der Waals surface area contributed by atoms with Crippen LogP contribution in [0.2, 0.25) is 0 Å². The van der Waals surface area contributed by atoms with Gasteiger partial charge in [-0.15, -0.1) is 24.0 Å². The quantitative estimate of drug-likeness (QED) is 0.390. The predicted molar refractivity (Wildman–Crippen MR) is 116 cm³/mol. The van der Waals surface area contributed by atoms with E-state index in [2.05, 4.69) is 46.5 Å². The minimum absolute atomic E-state index is 0. The molecule has 0 spiro atoms. The van der Waals surface area contributed by atoms with Crippen molar-refractivity contribution >= 4 is 29.9 Å². The summed E-state index contributed by atoms with van der Waals surface area (Å²) in [6, 6.07) is 8.09. The Labute approximate surface area is 169 Å². The molecule has 0 aliphatic carbocycles. The van der Waals surface area contributed by atoms with Gasteiger partial charge in [0, 0.05) is 39.8 Å². The summed E-state index contributed by atoms with van der Waals surface area (Å²) in [5, 5.41) is 6.77. The van der Waals surface area contributed by atoms with Gasteiger partial charge in [0.1, 0.15) is 5.75 Å². The van der Waals surface area contributed by atoms with Crippen LogP contribution in [0.1, 0.15) is 25.8 Å². The predicted octanol–water partition coefficient (Wildman–Crippen LogP) is 2.96. The molecule has 1 heterocycles. The molecule has 2 unspecified atom stereocenters. The number of piperidine rings is 1. The van der Waals surface area contributed by atoms with Crippen LogP contribution < -0.4 is 15.4 Å². The molecule has 0 radical (unpaired) electrons. The number of hydrogen-bond donors (Lipinski definition) is 2. The van der Waals surface area contributed by atoms with E-state index in [1.165, 1.54) is 25.1 Å². The standard InChI is InChI=1S/C19H32N4O.HI/c1-15-11-16(2)14-23(13-15)10-9-21-19(20-3)22-12-17-5-7-18(24-4)8-6-17;/h5-8,15-16H,9-14H2,1-4H3,(H2,20,21,22);1H. The summed E-state index contributed by atoms with van der Waals surface area (Å²) in [5.41, 5.74) is 1.21. The van der Waals surface area contributed by atoms with Crippen molar-refractivity contribution in [3.63, 3.8) is 0 Å². The molecule has 2 atom stereocenters. The fourth-order valence-corrected chi connectivity index (χ4v) is 3.46. The molecule has 5 nitrogen and oxygen atoms in total. The van der Waals surface area contributed by atoms with E-state index in [-0.39, 0.29) is 24.0 Å². The van der Waals surface area contributed by atoms with Gasteiger partial charge in [-0.1, -0.05) is 26.0 Å². The number of halogens is 1. The Hall–Kier alpha value is -1.02. The maximum atomic E-state index is 5.18. The Morgan fingerprint density at radius 1 is 1.16 bits per heavy atom. The Morgan fingerprint density at radius 2 is 1.80 bits per heavy atom. The zero-order valence-corrected chi connectivity index (χ0v) is 18.2. The van der Waals surface area contributed by atoms with E-state index in [1.807, 2.05) is 19.2 Å². The third-order valence-electron chi connectivity index (χ3n) is 4.51. The first-order valence-corrected chi connectivity index (χ1v) is 8.90. The van der Waals surface area contributed by atoms with Gasteiger partial charge >= 0.3 is 0 Å². The van der Waals surface area contributed by atoms with Crippen LogP contribution in [0.5, 0.6) is 5.75 Å². The normalized spacial score (nSPS) is 21.4. The number of likely N-dealkylation sites (tertiary alicyclic amines) is 1. The van der Waals surface area contributed by atoms with Gasteiger partial charge in [-0.25, -0.2) is 0 Å². The molecule has 1 aromatic carbocycles. The van der Waals surface area contributed by atoms with E-state index in [1.54, 1.807) is 7.11 Å². The second kappa shape index (κ2) is 11.6. The number of hydrogen-bond acceptors (Lipinski definition) is 3. The zero-order valence-electron chi connectivity index (χ0n) is 15.9. The lowest BCUT2D eigenvalue weighted by Crippen LogP contribution is -2.45. The van der Waals surface area contributed by atoms with Gasteiger partial charge in [0.05, 0.1) is 7.11 Å². The van der Waals surface area contributed by atoms with Crippen LogP contribution in [0.15, 0.2) is 29.3 Å². The second-order valence-corrected chi connectivity index (χ2v) is 6.91. The number of ether oxygens (including phenoxy) is 1. The summed E-state index contributed by atoms with van der Waals surface area (Å²) < 4.78 is 5.18. The smallest absolute Gasteiger partial charge is 0.191 e. The summed E-state index contributed by atoms with van der Waals surface area (Å²) >= 11 is 0. The lowest BCUT2D eigenvalue weighted by atomic mass is 9.92. The van der Waals surface area contributed by atoms with Crippen molar-refractivity contribution in [3.8, 4) is 5.75 Å². The average Bonchev–Trinajstić information content (AvgIpc) is 2.57. The largest absolute Gasteiger partial charge is 0.497 e. The molecule has 1 aliphatic heterocycles. The average molecular weight is 460 g/mol. The Balaban J connectivity index is 0.00000312. The summed E-state index contributed by atoms with van der Waals surface area (Å²) in [4.78, 5) is 6.86. The van der Waals surface area contributed by atoms with Crippen molar-refractivity contribution in [2.45, 2.75) is 26.8 Å². The molecular formula is C19H33IN4O. The fraction of sp³-hybridized carbons (Fsp3) is 0.632. The van der Waals surface area contributed by atoms with E-state index in [4.69, 9.17) is 4.74 Å². The van der Waals surface area contributed by atoms with Crippen LogP contribution in [-0.2, 0) is 6.54 Å². The van der Waals surface area contributed by atoms with Crippen LogP contribution in [0.4, 0.5) is 0 Å². The van der Waals surface area contributed by atoms with Crippen LogP contribution in [0, 0.1) is 11.8 Å². The second-order valence-electron chi connectivity index (χ2n) is 6.91. The molecule has 1 aliphatic rings. The maximum Gasteiger partial charge on any atom is 0.191 e. The highest BCUT2D eigenvalue weighted by molar-refractivity contribution is 14.0. The first-order chi connectivity index (χ1) is 11.6. The molecule has 142 valence electrons. The molecule has 1 fully saturated rings. The van der Waals surface area contributed by atoms with Gasteiger partial charge in [-0.2, -0.15) is 0 Å². The molecule has 1 aromatic rings. The van der Waals surface area contributed by atoms with Crippen molar-refractivity contribution in [2.24, 2.45) is 16.8 Å². The van der Waals surface area contributed by atoms with Crippen LogP contribution >= 0.6 is 24.0 Å². The summed E-state index contributed by atoms with van der Waals surface area (Å²) in [5.74, 6) is 3.35. The molecule has 0 saturated carbocycles. The number of nitrogens with one attached hydrogen (secondary N) is 2.